The van der Waals surface area contributed by atoms with Crippen LogP contribution in [0.1, 0.15) is 12.8 Å². The van der Waals surface area contributed by atoms with Crippen molar-refractivity contribution in [1.82, 2.24) is 25.4 Å². The van der Waals surface area contributed by atoms with Gasteiger partial charge in [-0.2, -0.15) is 5.26 Å². The fraction of sp³-hybridized carbons (Fsp3) is 0.550. The van der Waals surface area contributed by atoms with Gasteiger partial charge in [0.2, 0.25) is 5.91 Å². The number of benzene rings is 1. The summed E-state index contributed by atoms with van der Waals surface area (Å²) >= 11 is 3.22. The molecule has 3 heterocycles. The van der Waals surface area contributed by atoms with Gasteiger partial charge in [0.1, 0.15) is 6.04 Å². The van der Waals surface area contributed by atoms with E-state index in [4.69, 9.17) is 5.26 Å². The zero-order valence-corrected chi connectivity index (χ0v) is 18.8. The molecule has 1 aromatic heterocycles. The highest BCUT2D eigenvalue weighted by Crippen LogP contribution is 2.25. The highest BCUT2D eigenvalue weighted by Gasteiger charge is 2.25. The van der Waals surface area contributed by atoms with Crippen molar-refractivity contribution in [2.75, 3.05) is 49.7 Å². The standard InChI is InChI=1S/C20H26N7O2S2/c21-11-16-13-30-14-26(16)10-7-22-27(29)15-5-8-25(9-6-15)12-19(28)24-20-23-17-3-1-2-4-18(17)31-20/h1-4,15-16,22H,5-10,12-14H2,(H,23,24,28)/q-1. The number of likely N-dealkylation sites (tertiary alicyclic amines) is 1. The Hall–Kier alpha value is -1.78. The first-order chi connectivity index (χ1) is 15.1. The second-order valence-electron chi connectivity index (χ2n) is 7.73. The van der Waals surface area contributed by atoms with Crippen LogP contribution < -0.4 is 10.7 Å². The van der Waals surface area contributed by atoms with E-state index < -0.39 is 0 Å². The molecule has 2 aliphatic heterocycles. The van der Waals surface area contributed by atoms with Crippen LogP contribution in [0.15, 0.2) is 24.3 Å². The molecule has 4 rings (SSSR count). The highest BCUT2D eigenvalue weighted by atomic mass is 32.2. The van der Waals surface area contributed by atoms with Crippen LogP contribution in [-0.2, 0) is 4.79 Å². The second kappa shape index (κ2) is 10.7. The van der Waals surface area contributed by atoms with E-state index in [1.54, 1.807) is 11.8 Å². The van der Waals surface area contributed by atoms with Gasteiger partial charge in [0.05, 0.1) is 22.8 Å². The number of hydrogen-bond acceptors (Lipinski definition) is 10. The van der Waals surface area contributed by atoms with Crippen LogP contribution in [0.3, 0.4) is 0 Å². The average molecular weight is 461 g/mol. The third kappa shape index (κ3) is 5.93. The molecule has 9 nitrogen and oxygen atoms in total. The predicted molar refractivity (Wildman–Crippen MR) is 124 cm³/mol. The Labute approximate surface area is 189 Å². The van der Waals surface area contributed by atoms with Crippen molar-refractivity contribution in [3.05, 3.63) is 29.5 Å². The summed E-state index contributed by atoms with van der Waals surface area (Å²) in [7, 11) is 0. The monoisotopic (exact) mass is 460 g/mol. The molecule has 0 radical (unpaired) electrons. The van der Waals surface area contributed by atoms with Gasteiger partial charge in [0.15, 0.2) is 5.13 Å². The number of piperidine rings is 1. The quantitative estimate of drug-likeness (QED) is 0.571. The molecule has 166 valence electrons. The molecular formula is C20H26N7O2S2-. The summed E-state index contributed by atoms with van der Waals surface area (Å²) < 4.78 is 1.05. The zero-order chi connectivity index (χ0) is 21.6. The molecule has 1 aromatic carbocycles. The number of fused-ring (bicyclic) bond motifs is 1. The first kappa shape index (κ1) is 22.4. The van der Waals surface area contributed by atoms with Gasteiger partial charge in [-0.3, -0.25) is 20.0 Å². The van der Waals surface area contributed by atoms with Crippen molar-refractivity contribution >= 4 is 44.4 Å². The van der Waals surface area contributed by atoms with E-state index in [9.17, 15) is 10.0 Å². The van der Waals surface area contributed by atoms with E-state index in [1.165, 1.54) is 11.3 Å². The van der Waals surface area contributed by atoms with Crippen molar-refractivity contribution in [3.8, 4) is 6.07 Å². The molecule has 1 amide bonds. The number of amides is 1. The van der Waals surface area contributed by atoms with Gasteiger partial charge in [-0.05, 0) is 25.0 Å². The molecule has 11 heteroatoms. The third-order valence-electron chi connectivity index (χ3n) is 5.59. The fourth-order valence-corrected chi connectivity index (χ4v) is 5.89. The maximum absolute atomic E-state index is 12.4. The average Bonchev–Trinajstić information content (AvgIpc) is 3.39. The number of anilines is 1. The second-order valence-corrected chi connectivity index (χ2v) is 9.76. The van der Waals surface area contributed by atoms with E-state index in [1.807, 2.05) is 24.3 Å². The fourth-order valence-electron chi connectivity index (χ4n) is 3.85. The van der Waals surface area contributed by atoms with E-state index in [2.05, 4.69) is 31.6 Å². The number of nitrogens with zero attached hydrogens (tertiary/aromatic N) is 5. The third-order valence-corrected chi connectivity index (χ3v) is 7.60. The Morgan fingerprint density at radius 1 is 1.35 bits per heavy atom. The summed E-state index contributed by atoms with van der Waals surface area (Å²) in [5, 5.41) is 26.0. The Morgan fingerprint density at radius 3 is 2.94 bits per heavy atom. The molecule has 1 unspecified atom stereocenters. The summed E-state index contributed by atoms with van der Waals surface area (Å²) in [6.07, 6.45) is 1.43. The van der Waals surface area contributed by atoms with E-state index in [0.717, 1.165) is 27.0 Å². The maximum atomic E-state index is 12.4. The summed E-state index contributed by atoms with van der Waals surface area (Å²) in [6, 6.07) is 9.96. The van der Waals surface area contributed by atoms with Crippen LogP contribution in [0.25, 0.3) is 10.2 Å². The summed E-state index contributed by atoms with van der Waals surface area (Å²) in [6.45, 7) is 2.94. The SMILES string of the molecule is N#CC1CSCN1CCNN([O-])C1CCN(CC(=O)Nc2nc3ccccc3s2)CC1. The zero-order valence-electron chi connectivity index (χ0n) is 17.2. The Morgan fingerprint density at radius 2 is 2.16 bits per heavy atom. The number of nitrogens with one attached hydrogen (secondary N) is 2. The van der Waals surface area contributed by atoms with Gasteiger partial charge in [0.25, 0.3) is 0 Å². The van der Waals surface area contributed by atoms with E-state index in [-0.39, 0.29) is 18.0 Å². The van der Waals surface area contributed by atoms with Crippen molar-refractivity contribution < 1.29 is 4.79 Å². The number of thioether (sulfide) groups is 1. The number of aromatic nitrogens is 1. The molecule has 2 fully saturated rings. The van der Waals surface area contributed by atoms with Gasteiger partial charge in [-0.15, -0.1) is 11.8 Å². The molecule has 31 heavy (non-hydrogen) atoms. The van der Waals surface area contributed by atoms with Gasteiger partial charge < -0.3 is 15.7 Å². The van der Waals surface area contributed by atoms with Crippen LogP contribution in [0.5, 0.6) is 0 Å². The highest BCUT2D eigenvalue weighted by molar-refractivity contribution is 7.99. The lowest BCUT2D eigenvalue weighted by molar-refractivity contribution is -0.117. The van der Waals surface area contributed by atoms with Crippen LogP contribution in [0.2, 0.25) is 0 Å². The number of nitriles is 1. The molecule has 2 N–H and O–H groups in total. The summed E-state index contributed by atoms with van der Waals surface area (Å²) in [4.78, 5) is 21.0. The van der Waals surface area contributed by atoms with E-state index in [0.29, 0.717) is 50.7 Å². The van der Waals surface area contributed by atoms with Crippen LogP contribution >= 0.6 is 23.1 Å². The molecule has 0 spiro atoms. The number of carbonyl (C=O) groups excluding carboxylic acids is 1. The largest absolute Gasteiger partial charge is 0.771 e. The topological polar surface area (TPSA) is 111 Å². The lowest BCUT2D eigenvalue weighted by Crippen LogP contribution is -2.50. The van der Waals surface area contributed by atoms with E-state index >= 15 is 0 Å². The molecule has 2 aromatic rings. The molecule has 0 aliphatic carbocycles. The van der Waals surface area contributed by atoms with Gasteiger partial charge in [-0.1, -0.05) is 23.5 Å². The van der Waals surface area contributed by atoms with Gasteiger partial charge in [-0.25, -0.2) is 4.98 Å². The van der Waals surface area contributed by atoms with Gasteiger partial charge in [0, 0.05) is 43.9 Å². The molecule has 1 atom stereocenters. The number of hydrazine groups is 1. The number of carbonyl (C=O) groups is 1. The number of para-hydroxylation sites is 1. The Kier molecular flexibility index (Phi) is 7.73. The Bertz CT molecular complexity index is 893. The van der Waals surface area contributed by atoms with Crippen molar-refractivity contribution in [2.45, 2.75) is 24.9 Å². The molecule has 0 bridgehead atoms. The minimum atomic E-state index is -0.0942. The van der Waals surface area contributed by atoms with Crippen molar-refractivity contribution in [1.29, 1.82) is 5.26 Å². The number of hydroxylamine groups is 1. The lowest BCUT2D eigenvalue weighted by atomic mass is 10.1. The molecular weight excluding hydrogens is 434 g/mol. The first-order valence-electron chi connectivity index (χ1n) is 10.4. The Balaban J connectivity index is 1.15. The summed E-state index contributed by atoms with van der Waals surface area (Å²) in [5.41, 5.74) is 3.82. The number of hydrogen-bond donors (Lipinski definition) is 2. The maximum Gasteiger partial charge on any atom is 0.240 e. The van der Waals surface area contributed by atoms with Crippen molar-refractivity contribution in [2.24, 2.45) is 0 Å². The minimum absolute atomic E-state index is 0.0518. The smallest absolute Gasteiger partial charge is 0.240 e. The lowest BCUT2D eigenvalue weighted by Gasteiger charge is -2.42. The number of rotatable bonds is 8. The normalized spacial score (nSPS) is 21.0. The van der Waals surface area contributed by atoms with Crippen LogP contribution in [0, 0.1) is 16.5 Å². The minimum Gasteiger partial charge on any atom is -0.771 e. The molecule has 2 aliphatic rings. The number of thiazole rings is 1. The molecule has 2 saturated heterocycles. The predicted octanol–water partition coefficient (Wildman–Crippen LogP) is 1.90. The van der Waals surface area contributed by atoms with Crippen molar-refractivity contribution in [3.63, 3.8) is 0 Å². The van der Waals surface area contributed by atoms with Crippen LogP contribution in [-0.4, -0.2) is 82.3 Å². The summed E-state index contributed by atoms with van der Waals surface area (Å²) in [5.74, 6) is 1.60. The van der Waals surface area contributed by atoms with Crippen LogP contribution in [0.4, 0.5) is 5.13 Å². The first-order valence-corrected chi connectivity index (χ1v) is 12.4. The molecule has 0 saturated carbocycles. The van der Waals surface area contributed by atoms with Gasteiger partial charge >= 0.3 is 0 Å².